The lowest BCUT2D eigenvalue weighted by Gasteiger charge is -2.05. The van der Waals surface area contributed by atoms with Gasteiger partial charge in [-0.3, -0.25) is 9.59 Å². The van der Waals surface area contributed by atoms with Crippen LogP contribution in [0.25, 0.3) is 0 Å². The fraction of sp³-hybridized carbons (Fsp3) is 0.308. The molecular formula is C13H15N5O2S. The number of aromatic nitrogens is 4. The molecule has 0 bridgehead atoms. The van der Waals surface area contributed by atoms with Crippen LogP contribution < -0.4 is 10.9 Å². The lowest BCUT2D eigenvalue weighted by atomic mass is 10.2. The number of thioether (sulfide) groups is 1. The molecule has 8 heteroatoms. The Balaban J connectivity index is 1.90. The number of carbonyl (C=O) groups excluding carboxylic acids is 1. The molecule has 110 valence electrons. The molecule has 2 rings (SSSR count). The largest absolute Gasteiger partial charge is 0.352 e. The number of carbonyl (C=O) groups is 1. The average Bonchev–Trinajstić information content (AvgIpc) is 2.46. The molecule has 0 saturated heterocycles. The lowest BCUT2D eigenvalue weighted by Crippen LogP contribution is -2.26. The van der Waals surface area contributed by atoms with Crippen LogP contribution in [0.4, 0.5) is 0 Å². The van der Waals surface area contributed by atoms with Gasteiger partial charge in [0.15, 0.2) is 5.16 Å². The van der Waals surface area contributed by atoms with Crippen molar-refractivity contribution < 1.29 is 4.79 Å². The summed E-state index contributed by atoms with van der Waals surface area (Å²) in [4.78, 5) is 38.0. The van der Waals surface area contributed by atoms with Gasteiger partial charge in [0.1, 0.15) is 5.82 Å². The molecule has 0 fully saturated rings. The molecule has 2 aromatic heterocycles. The van der Waals surface area contributed by atoms with Gasteiger partial charge in [0.05, 0.1) is 5.56 Å². The fourth-order valence-corrected chi connectivity index (χ4v) is 2.03. The topological polar surface area (TPSA) is 101 Å². The third-order valence-corrected chi connectivity index (χ3v) is 3.23. The van der Waals surface area contributed by atoms with Crippen molar-refractivity contribution in [2.75, 3.05) is 12.8 Å². The highest BCUT2D eigenvalue weighted by atomic mass is 32.2. The third-order valence-electron chi connectivity index (χ3n) is 2.65. The van der Waals surface area contributed by atoms with Gasteiger partial charge in [-0.05, 0) is 13.2 Å². The number of nitrogens with one attached hydrogen (secondary N) is 2. The van der Waals surface area contributed by atoms with E-state index in [4.69, 9.17) is 0 Å². The van der Waals surface area contributed by atoms with Gasteiger partial charge >= 0.3 is 0 Å². The Morgan fingerprint density at radius 2 is 2.10 bits per heavy atom. The first-order valence-electron chi connectivity index (χ1n) is 6.29. The van der Waals surface area contributed by atoms with Crippen LogP contribution in [0.3, 0.4) is 0 Å². The summed E-state index contributed by atoms with van der Waals surface area (Å²) in [6.07, 6.45) is 5.33. The first kappa shape index (κ1) is 15.2. The number of hydrogen-bond acceptors (Lipinski definition) is 6. The molecule has 0 radical (unpaired) electrons. The number of rotatable bonds is 5. The summed E-state index contributed by atoms with van der Waals surface area (Å²) < 4.78 is 0. The molecule has 0 aliphatic carbocycles. The average molecular weight is 305 g/mol. The Bertz CT molecular complexity index is 684. The highest BCUT2D eigenvalue weighted by molar-refractivity contribution is 7.98. The highest BCUT2D eigenvalue weighted by Gasteiger charge is 2.07. The zero-order chi connectivity index (χ0) is 15.2. The van der Waals surface area contributed by atoms with E-state index in [9.17, 15) is 9.59 Å². The Labute approximate surface area is 125 Å². The van der Waals surface area contributed by atoms with Crippen LogP contribution in [0.5, 0.6) is 0 Å². The van der Waals surface area contributed by atoms with E-state index in [1.807, 2.05) is 6.26 Å². The SMILES string of the molecule is CSc1ncc(C(=O)NCCc2cc(=O)[nH]c(C)n2)cn1. The first-order valence-corrected chi connectivity index (χ1v) is 7.52. The Morgan fingerprint density at radius 3 is 2.71 bits per heavy atom. The van der Waals surface area contributed by atoms with Crippen molar-refractivity contribution in [3.05, 3.63) is 45.9 Å². The second kappa shape index (κ2) is 6.98. The van der Waals surface area contributed by atoms with Crippen molar-refractivity contribution in [2.45, 2.75) is 18.5 Å². The van der Waals surface area contributed by atoms with E-state index in [2.05, 4.69) is 25.3 Å². The molecule has 1 amide bonds. The van der Waals surface area contributed by atoms with Gasteiger partial charge < -0.3 is 10.3 Å². The van der Waals surface area contributed by atoms with Crippen LogP contribution in [-0.4, -0.2) is 38.6 Å². The van der Waals surface area contributed by atoms with Crippen LogP contribution in [0.15, 0.2) is 28.4 Å². The van der Waals surface area contributed by atoms with Crippen molar-refractivity contribution >= 4 is 17.7 Å². The van der Waals surface area contributed by atoms with E-state index in [1.54, 1.807) is 6.92 Å². The maximum Gasteiger partial charge on any atom is 0.254 e. The van der Waals surface area contributed by atoms with Crippen molar-refractivity contribution in [2.24, 2.45) is 0 Å². The van der Waals surface area contributed by atoms with Gasteiger partial charge in [-0.1, -0.05) is 11.8 Å². The van der Waals surface area contributed by atoms with E-state index >= 15 is 0 Å². The molecule has 0 aliphatic rings. The Hall–Kier alpha value is -2.22. The first-order chi connectivity index (χ1) is 10.1. The van der Waals surface area contributed by atoms with Crippen LogP contribution in [0.1, 0.15) is 21.9 Å². The number of nitrogens with zero attached hydrogens (tertiary/aromatic N) is 3. The zero-order valence-electron chi connectivity index (χ0n) is 11.7. The van der Waals surface area contributed by atoms with Crippen LogP contribution in [-0.2, 0) is 6.42 Å². The van der Waals surface area contributed by atoms with Crippen LogP contribution >= 0.6 is 11.8 Å². The van der Waals surface area contributed by atoms with E-state index in [-0.39, 0.29) is 11.5 Å². The summed E-state index contributed by atoms with van der Waals surface area (Å²) in [6.45, 7) is 2.10. The number of aryl methyl sites for hydroxylation is 1. The fourth-order valence-electron chi connectivity index (χ4n) is 1.71. The maximum absolute atomic E-state index is 11.9. The van der Waals surface area contributed by atoms with E-state index in [0.29, 0.717) is 35.2 Å². The minimum Gasteiger partial charge on any atom is -0.352 e. The van der Waals surface area contributed by atoms with Gasteiger partial charge in [0, 0.05) is 37.1 Å². The summed E-state index contributed by atoms with van der Waals surface area (Å²) in [7, 11) is 0. The minimum atomic E-state index is -0.246. The second-order valence-electron chi connectivity index (χ2n) is 4.29. The van der Waals surface area contributed by atoms with E-state index in [0.717, 1.165) is 0 Å². The van der Waals surface area contributed by atoms with Crippen LogP contribution in [0, 0.1) is 6.92 Å². The summed E-state index contributed by atoms with van der Waals surface area (Å²) >= 11 is 1.41. The molecule has 0 saturated carbocycles. The lowest BCUT2D eigenvalue weighted by molar-refractivity contribution is 0.0953. The van der Waals surface area contributed by atoms with Gasteiger partial charge in [-0.25, -0.2) is 15.0 Å². The molecule has 21 heavy (non-hydrogen) atoms. The normalized spacial score (nSPS) is 10.4. The summed E-state index contributed by atoms with van der Waals surface area (Å²) in [5.74, 6) is 0.314. The standard InChI is InChI=1S/C13H15N5O2S/c1-8-17-10(5-11(19)18-8)3-4-14-12(20)9-6-15-13(21-2)16-7-9/h5-7H,3-4H2,1-2H3,(H,14,20)(H,17,18,19). The molecule has 2 aromatic rings. The third kappa shape index (κ3) is 4.38. The smallest absolute Gasteiger partial charge is 0.254 e. The number of H-pyrrole nitrogens is 1. The van der Waals surface area contributed by atoms with Gasteiger partial charge in [-0.15, -0.1) is 0 Å². The Kier molecular flexibility index (Phi) is 5.04. The second-order valence-corrected chi connectivity index (χ2v) is 5.06. The van der Waals surface area contributed by atoms with Gasteiger partial charge in [-0.2, -0.15) is 0 Å². The Morgan fingerprint density at radius 1 is 1.38 bits per heavy atom. The molecule has 0 spiro atoms. The molecule has 0 aromatic carbocycles. The van der Waals surface area contributed by atoms with Crippen molar-refractivity contribution in [3.8, 4) is 0 Å². The number of hydrogen-bond donors (Lipinski definition) is 2. The van der Waals surface area contributed by atoms with Crippen molar-refractivity contribution in [1.82, 2.24) is 25.3 Å². The molecule has 7 nitrogen and oxygen atoms in total. The monoisotopic (exact) mass is 305 g/mol. The molecule has 0 unspecified atom stereocenters. The van der Waals surface area contributed by atoms with Crippen molar-refractivity contribution in [3.63, 3.8) is 0 Å². The summed E-state index contributed by atoms with van der Waals surface area (Å²) in [5.41, 5.74) is 0.860. The molecule has 2 heterocycles. The highest BCUT2D eigenvalue weighted by Crippen LogP contribution is 2.06. The summed E-state index contributed by atoms with van der Waals surface area (Å²) in [6, 6.07) is 1.43. The molecular weight excluding hydrogens is 290 g/mol. The summed E-state index contributed by atoms with van der Waals surface area (Å²) in [5, 5.41) is 3.37. The zero-order valence-corrected chi connectivity index (χ0v) is 12.5. The molecule has 0 atom stereocenters. The minimum absolute atomic E-state index is 0.190. The predicted octanol–water partition coefficient (Wildman–Crippen LogP) is 0.563. The van der Waals surface area contributed by atoms with E-state index in [1.165, 1.54) is 30.2 Å². The number of amides is 1. The van der Waals surface area contributed by atoms with Gasteiger partial charge in [0.25, 0.3) is 11.5 Å². The van der Waals surface area contributed by atoms with E-state index < -0.39 is 0 Å². The molecule has 2 N–H and O–H groups in total. The predicted molar refractivity (Wildman–Crippen MR) is 79.4 cm³/mol. The van der Waals surface area contributed by atoms with Crippen molar-refractivity contribution in [1.29, 1.82) is 0 Å². The number of aromatic amines is 1. The maximum atomic E-state index is 11.9. The van der Waals surface area contributed by atoms with Crippen LogP contribution in [0.2, 0.25) is 0 Å². The quantitative estimate of drug-likeness (QED) is 0.618. The molecule has 0 aliphatic heterocycles. The van der Waals surface area contributed by atoms with Gasteiger partial charge in [0.2, 0.25) is 0 Å².